The van der Waals surface area contributed by atoms with Crippen LogP contribution in [0.2, 0.25) is 0 Å². The van der Waals surface area contributed by atoms with E-state index in [1.54, 1.807) is 12.1 Å². The minimum absolute atomic E-state index is 0.0519. The molecule has 0 spiro atoms. The molecule has 1 aliphatic rings. The van der Waals surface area contributed by atoms with Gasteiger partial charge in [0.2, 0.25) is 11.8 Å². The number of carbonyl (C=O) groups excluding carboxylic acids is 3. The summed E-state index contributed by atoms with van der Waals surface area (Å²) in [7, 11) is 0. The number of nitrogens with one attached hydrogen (secondary N) is 2. The molecule has 2 N–H and O–H groups in total. The van der Waals surface area contributed by atoms with E-state index in [-0.39, 0.29) is 24.4 Å². The summed E-state index contributed by atoms with van der Waals surface area (Å²) in [4.78, 5) is 37.7. The monoisotopic (exact) mass is 341 g/mol. The van der Waals surface area contributed by atoms with Crippen molar-refractivity contribution in [3.8, 4) is 0 Å². The molecule has 0 saturated carbocycles. The normalized spacial score (nSPS) is 16.6. The van der Waals surface area contributed by atoms with Crippen molar-refractivity contribution in [2.45, 2.75) is 6.42 Å². The molecule has 3 amide bonds. The summed E-state index contributed by atoms with van der Waals surface area (Å²) < 4.78 is 13.5. The Bertz CT molecular complexity index is 810. The highest BCUT2D eigenvalue weighted by Gasteiger charge is 2.35. The predicted molar refractivity (Wildman–Crippen MR) is 88.9 cm³/mol. The van der Waals surface area contributed by atoms with Crippen molar-refractivity contribution >= 4 is 23.4 Å². The van der Waals surface area contributed by atoms with Gasteiger partial charge in [0, 0.05) is 18.7 Å². The number of hydrogen-bond acceptors (Lipinski definition) is 3. The molecule has 2 aromatic carbocycles. The van der Waals surface area contributed by atoms with Crippen LogP contribution in [-0.2, 0) is 9.59 Å². The van der Waals surface area contributed by atoms with Crippen LogP contribution in [0.3, 0.4) is 0 Å². The molecule has 1 heterocycles. The maximum absolute atomic E-state index is 13.5. The molecule has 1 atom stereocenters. The van der Waals surface area contributed by atoms with Gasteiger partial charge in [0.25, 0.3) is 5.91 Å². The molecule has 1 fully saturated rings. The fourth-order valence-electron chi connectivity index (χ4n) is 2.67. The average molecular weight is 341 g/mol. The summed E-state index contributed by atoms with van der Waals surface area (Å²) in [6.45, 7) is 0.226. The first kappa shape index (κ1) is 16.6. The highest BCUT2D eigenvalue weighted by atomic mass is 19.1. The Morgan fingerprint density at radius 1 is 1.00 bits per heavy atom. The van der Waals surface area contributed by atoms with Gasteiger partial charge in [0.05, 0.1) is 11.5 Å². The van der Waals surface area contributed by atoms with Gasteiger partial charge in [-0.15, -0.1) is 0 Å². The largest absolute Gasteiger partial charge is 0.312 e. The number of carbonyl (C=O) groups is 3. The second kappa shape index (κ2) is 7.12. The summed E-state index contributed by atoms with van der Waals surface area (Å²) in [6, 6.07) is 14.5. The smallest absolute Gasteiger partial charge is 0.272 e. The minimum Gasteiger partial charge on any atom is -0.312 e. The van der Waals surface area contributed by atoms with Crippen LogP contribution < -0.4 is 15.8 Å². The molecular weight excluding hydrogens is 325 g/mol. The zero-order valence-electron chi connectivity index (χ0n) is 13.2. The number of nitrogens with zero attached hydrogens (tertiary/aromatic N) is 1. The van der Waals surface area contributed by atoms with E-state index in [1.807, 2.05) is 18.2 Å². The van der Waals surface area contributed by atoms with E-state index >= 15 is 0 Å². The lowest BCUT2D eigenvalue weighted by Crippen LogP contribution is -2.45. The topological polar surface area (TPSA) is 78.5 Å². The molecule has 1 saturated heterocycles. The van der Waals surface area contributed by atoms with Crippen LogP contribution in [-0.4, -0.2) is 24.3 Å². The van der Waals surface area contributed by atoms with E-state index in [1.165, 1.54) is 23.1 Å². The Balaban J connectivity index is 1.58. The Morgan fingerprint density at radius 2 is 1.68 bits per heavy atom. The van der Waals surface area contributed by atoms with Gasteiger partial charge in [-0.25, -0.2) is 4.39 Å². The predicted octanol–water partition coefficient (Wildman–Crippen LogP) is 1.64. The fourth-order valence-corrected chi connectivity index (χ4v) is 2.67. The van der Waals surface area contributed by atoms with Crippen molar-refractivity contribution in [1.29, 1.82) is 0 Å². The Labute approximate surface area is 143 Å². The lowest BCUT2D eigenvalue weighted by molar-refractivity contribution is -0.126. The molecule has 128 valence electrons. The molecule has 25 heavy (non-hydrogen) atoms. The van der Waals surface area contributed by atoms with Crippen LogP contribution in [0.15, 0.2) is 54.6 Å². The van der Waals surface area contributed by atoms with Crippen LogP contribution in [0.1, 0.15) is 16.8 Å². The number of para-hydroxylation sites is 1. The first-order chi connectivity index (χ1) is 12.1. The van der Waals surface area contributed by atoms with Crippen molar-refractivity contribution in [2.24, 2.45) is 5.92 Å². The van der Waals surface area contributed by atoms with E-state index in [2.05, 4.69) is 10.9 Å². The lowest BCUT2D eigenvalue weighted by atomic mass is 10.1. The quantitative estimate of drug-likeness (QED) is 0.833. The number of amides is 3. The van der Waals surface area contributed by atoms with Crippen LogP contribution in [0, 0.1) is 11.7 Å². The number of benzene rings is 2. The van der Waals surface area contributed by atoms with Crippen LogP contribution in [0.4, 0.5) is 10.1 Å². The number of hydrazine groups is 1. The molecule has 1 aliphatic heterocycles. The SMILES string of the molecule is O=C(NNC(=O)[C@@H]1CC(=O)N(c2ccccc2)C1)c1ccccc1F. The zero-order valence-corrected chi connectivity index (χ0v) is 13.2. The summed E-state index contributed by atoms with van der Waals surface area (Å²) >= 11 is 0. The van der Waals surface area contributed by atoms with Gasteiger partial charge in [-0.2, -0.15) is 0 Å². The third-order valence-corrected chi connectivity index (χ3v) is 3.98. The molecule has 3 rings (SSSR count). The molecule has 0 aromatic heterocycles. The van der Waals surface area contributed by atoms with Crippen molar-refractivity contribution in [1.82, 2.24) is 10.9 Å². The standard InChI is InChI=1S/C18H16FN3O3/c19-15-9-5-4-8-14(15)18(25)21-20-17(24)12-10-16(23)22(11-12)13-6-2-1-3-7-13/h1-9,12H,10-11H2,(H,20,24)(H,21,25)/t12-/m1/s1. The molecule has 0 aliphatic carbocycles. The second-order valence-electron chi connectivity index (χ2n) is 5.66. The van der Waals surface area contributed by atoms with E-state index in [9.17, 15) is 18.8 Å². The number of halogens is 1. The van der Waals surface area contributed by atoms with E-state index in [4.69, 9.17) is 0 Å². The molecule has 0 bridgehead atoms. The third-order valence-electron chi connectivity index (χ3n) is 3.98. The van der Waals surface area contributed by atoms with E-state index < -0.39 is 23.5 Å². The van der Waals surface area contributed by atoms with Crippen LogP contribution in [0.25, 0.3) is 0 Å². The summed E-state index contributed by atoms with van der Waals surface area (Å²) in [5.74, 6) is -2.67. The Hall–Kier alpha value is -3.22. The fraction of sp³-hybridized carbons (Fsp3) is 0.167. The molecule has 0 radical (unpaired) electrons. The number of hydrogen-bond donors (Lipinski definition) is 2. The minimum atomic E-state index is -0.754. The van der Waals surface area contributed by atoms with Gasteiger partial charge in [-0.1, -0.05) is 30.3 Å². The van der Waals surface area contributed by atoms with Gasteiger partial charge in [0.15, 0.2) is 0 Å². The van der Waals surface area contributed by atoms with E-state index in [0.29, 0.717) is 0 Å². The number of anilines is 1. The first-order valence-electron chi connectivity index (χ1n) is 7.76. The van der Waals surface area contributed by atoms with Crippen molar-refractivity contribution in [3.63, 3.8) is 0 Å². The Morgan fingerprint density at radius 3 is 2.40 bits per heavy atom. The van der Waals surface area contributed by atoms with Crippen molar-refractivity contribution < 1.29 is 18.8 Å². The van der Waals surface area contributed by atoms with Crippen LogP contribution in [0.5, 0.6) is 0 Å². The summed E-state index contributed by atoms with van der Waals surface area (Å²) in [5.41, 5.74) is 4.99. The second-order valence-corrected chi connectivity index (χ2v) is 5.66. The number of rotatable bonds is 3. The molecule has 6 nitrogen and oxygen atoms in total. The highest BCUT2D eigenvalue weighted by Crippen LogP contribution is 2.24. The van der Waals surface area contributed by atoms with Crippen molar-refractivity contribution in [3.05, 3.63) is 66.0 Å². The lowest BCUT2D eigenvalue weighted by Gasteiger charge is -2.16. The Kier molecular flexibility index (Phi) is 4.74. The summed E-state index contributed by atoms with van der Waals surface area (Å²) in [6.07, 6.45) is 0.0519. The molecule has 7 heteroatoms. The van der Waals surface area contributed by atoms with Gasteiger partial charge in [-0.05, 0) is 24.3 Å². The maximum atomic E-state index is 13.5. The van der Waals surface area contributed by atoms with Crippen LogP contribution >= 0.6 is 0 Å². The van der Waals surface area contributed by atoms with Gasteiger partial charge in [-0.3, -0.25) is 25.2 Å². The summed E-state index contributed by atoms with van der Waals surface area (Å²) in [5, 5.41) is 0. The zero-order chi connectivity index (χ0) is 17.8. The van der Waals surface area contributed by atoms with Crippen molar-refractivity contribution in [2.75, 3.05) is 11.4 Å². The third kappa shape index (κ3) is 3.65. The molecule has 0 unspecified atom stereocenters. The average Bonchev–Trinajstić information content (AvgIpc) is 3.02. The molecule has 2 aromatic rings. The van der Waals surface area contributed by atoms with Gasteiger partial charge in [0.1, 0.15) is 5.82 Å². The first-order valence-corrected chi connectivity index (χ1v) is 7.76. The van der Waals surface area contributed by atoms with Gasteiger partial charge < -0.3 is 4.90 Å². The van der Waals surface area contributed by atoms with Gasteiger partial charge >= 0.3 is 0 Å². The highest BCUT2D eigenvalue weighted by molar-refractivity contribution is 6.01. The maximum Gasteiger partial charge on any atom is 0.272 e. The molecular formula is C18H16FN3O3. The van der Waals surface area contributed by atoms with E-state index in [0.717, 1.165) is 11.8 Å².